The predicted octanol–water partition coefficient (Wildman–Crippen LogP) is 4.74. The van der Waals surface area contributed by atoms with Gasteiger partial charge in [-0.2, -0.15) is 0 Å². The predicted molar refractivity (Wildman–Crippen MR) is 79.1 cm³/mol. The third-order valence-corrected chi connectivity index (χ3v) is 4.68. The summed E-state index contributed by atoms with van der Waals surface area (Å²) in [5.74, 6) is -0.119. The molecule has 2 rings (SSSR count). The van der Waals surface area contributed by atoms with Crippen molar-refractivity contribution in [3.8, 4) is 0 Å². The van der Waals surface area contributed by atoms with Crippen LogP contribution in [0.5, 0.6) is 0 Å². The third-order valence-electron chi connectivity index (χ3n) is 2.79. The molecule has 0 unspecified atom stereocenters. The number of halogens is 2. The molecule has 1 atom stereocenters. The molecule has 0 saturated heterocycles. The van der Waals surface area contributed by atoms with E-state index in [1.807, 2.05) is 26.0 Å². The summed E-state index contributed by atoms with van der Waals surface area (Å²) in [6, 6.07) is 5.59. The highest BCUT2D eigenvalue weighted by Gasteiger charge is 2.18. The SMILES string of the molecule is CC[C@@H](C)NC(=O)c1sc2cc(Cl)ccc2c1Cl. The van der Waals surface area contributed by atoms with Crippen LogP contribution in [0.15, 0.2) is 18.2 Å². The van der Waals surface area contributed by atoms with E-state index in [1.165, 1.54) is 11.3 Å². The average Bonchev–Trinajstić information content (AvgIpc) is 2.66. The molecule has 5 heteroatoms. The Labute approximate surface area is 120 Å². The van der Waals surface area contributed by atoms with Crippen molar-refractivity contribution in [3.63, 3.8) is 0 Å². The molecule has 1 N–H and O–H groups in total. The summed E-state index contributed by atoms with van der Waals surface area (Å²) in [5.41, 5.74) is 0. The van der Waals surface area contributed by atoms with Gasteiger partial charge in [-0.15, -0.1) is 11.3 Å². The number of rotatable bonds is 3. The van der Waals surface area contributed by atoms with E-state index in [2.05, 4.69) is 5.32 Å². The maximum absolute atomic E-state index is 12.1. The van der Waals surface area contributed by atoms with Crippen LogP contribution in [0, 0.1) is 0 Å². The van der Waals surface area contributed by atoms with Crippen LogP contribution < -0.4 is 5.32 Å². The molecule has 0 aliphatic heterocycles. The molecule has 2 nitrogen and oxygen atoms in total. The van der Waals surface area contributed by atoms with Crippen LogP contribution in [0.25, 0.3) is 10.1 Å². The van der Waals surface area contributed by atoms with Gasteiger partial charge in [-0.25, -0.2) is 0 Å². The summed E-state index contributed by atoms with van der Waals surface area (Å²) in [4.78, 5) is 12.6. The number of carbonyl (C=O) groups excluding carboxylic acids is 1. The molecule has 2 aromatic rings. The minimum atomic E-state index is -0.119. The normalized spacial score (nSPS) is 12.7. The number of fused-ring (bicyclic) bond motifs is 1. The van der Waals surface area contributed by atoms with E-state index in [4.69, 9.17) is 23.2 Å². The molecule has 0 radical (unpaired) electrons. The lowest BCUT2D eigenvalue weighted by Gasteiger charge is -2.10. The van der Waals surface area contributed by atoms with Crippen molar-refractivity contribution in [2.45, 2.75) is 26.3 Å². The Morgan fingerprint density at radius 2 is 2.17 bits per heavy atom. The third kappa shape index (κ3) is 2.63. The Hall–Kier alpha value is -0.770. The zero-order valence-electron chi connectivity index (χ0n) is 10.1. The molecular formula is C13H13Cl2NOS. The first-order chi connectivity index (χ1) is 8.52. The second-order valence-corrected chi connectivity index (χ2v) is 6.04. The fourth-order valence-corrected chi connectivity index (χ4v) is 3.27. The summed E-state index contributed by atoms with van der Waals surface area (Å²) in [6.07, 6.45) is 0.889. The van der Waals surface area contributed by atoms with Gasteiger partial charge in [0.1, 0.15) is 4.88 Å². The van der Waals surface area contributed by atoms with Gasteiger partial charge in [0, 0.05) is 21.2 Å². The second-order valence-electron chi connectivity index (χ2n) is 4.17. The second kappa shape index (κ2) is 5.47. The minimum Gasteiger partial charge on any atom is -0.349 e. The van der Waals surface area contributed by atoms with Crippen molar-refractivity contribution in [1.82, 2.24) is 5.32 Å². The highest BCUT2D eigenvalue weighted by molar-refractivity contribution is 7.21. The van der Waals surface area contributed by atoms with Crippen molar-refractivity contribution in [2.75, 3.05) is 0 Å². The molecule has 0 aliphatic rings. The molecular weight excluding hydrogens is 289 g/mol. The molecule has 0 bridgehead atoms. The van der Waals surface area contributed by atoms with Crippen LogP contribution in [-0.2, 0) is 0 Å². The number of nitrogens with one attached hydrogen (secondary N) is 1. The molecule has 96 valence electrons. The number of thiophene rings is 1. The van der Waals surface area contributed by atoms with Crippen molar-refractivity contribution in [2.24, 2.45) is 0 Å². The monoisotopic (exact) mass is 301 g/mol. The largest absolute Gasteiger partial charge is 0.349 e. The molecule has 1 amide bonds. The van der Waals surface area contributed by atoms with E-state index in [0.717, 1.165) is 16.5 Å². The van der Waals surface area contributed by atoms with Crippen molar-refractivity contribution < 1.29 is 4.79 Å². The smallest absolute Gasteiger partial charge is 0.263 e. The van der Waals surface area contributed by atoms with Gasteiger partial charge in [-0.1, -0.05) is 36.2 Å². The van der Waals surface area contributed by atoms with Gasteiger partial charge in [-0.05, 0) is 25.5 Å². The first-order valence-corrected chi connectivity index (χ1v) is 7.28. The summed E-state index contributed by atoms with van der Waals surface area (Å²) < 4.78 is 0.932. The summed E-state index contributed by atoms with van der Waals surface area (Å²) in [5, 5.41) is 4.95. The summed E-state index contributed by atoms with van der Waals surface area (Å²) in [6.45, 7) is 3.99. The lowest BCUT2D eigenvalue weighted by Crippen LogP contribution is -2.31. The van der Waals surface area contributed by atoms with Crippen LogP contribution in [0.4, 0.5) is 0 Å². The Morgan fingerprint density at radius 3 is 2.83 bits per heavy atom. The standard InChI is InChI=1S/C13H13Cl2NOS/c1-3-7(2)16-13(17)12-11(15)9-5-4-8(14)6-10(9)18-12/h4-7H,3H2,1-2H3,(H,16,17)/t7-/m1/s1. The van der Waals surface area contributed by atoms with E-state index in [9.17, 15) is 4.79 Å². The minimum absolute atomic E-state index is 0.119. The maximum atomic E-state index is 12.1. The number of carbonyl (C=O) groups is 1. The first kappa shape index (κ1) is 13.7. The highest BCUT2D eigenvalue weighted by Crippen LogP contribution is 2.36. The van der Waals surface area contributed by atoms with Gasteiger partial charge in [0.2, 0.25) is 0 Å². The van der Waals surface area contributed by atoms with Crippen molar-refractivity contribution >= 4 is 50.5 Å². The van der Waals surface area contributed by atoms with Crippen LogP contribution in [0.1, 0.15) is 29.9 Å². The lowest BCUT2D eigenvalue weighted by atomic mass is 10.2. The van der Waals surface area contributed by atoms with E-state index >= 15 is 0 Å². The molecule has 0 saturated carbocycles. The summed E-state index contributed by atoms with van der Waals surface area (Å²) >= 11 is 13.5. The molecule has 1 aromatic heterocycles. The quantitative estimate of drug-likeness (QED) is 0.872. The van der Waals surface area contributed by atoms with Gasteiger partial charge in [0.05, 0.1) is 5.02 Å². The Bertz CT molecular complexity index is 594. The zero-order chi connectivity index (χ0) is 13.3. The Balaban J connectivity index is 2.39. The first-order valence-electron chi connectivity index (χ1n) is 5.71. The van der Waals surface area contributed by atoms with Gasteiger partial charge < -0.3 is 5.32 Å². The van der Waals surface area contributed by atoms with Crippen molar-refractivity contribution in [1.29, 1.82) is 0 Å². The zero-order valence-corrected chi connectivity index (χ0v) is 12.4. The molecule has 1 aromatic carbocycles. The fraction of sp³-hybridized carbons (Fsp3) is 0.308. The van der Waals surface area contributed by atoms with E-state index in [-0.39, 0.29) is 11.9 Å². The van der Waals surface area contributed by atoms with Crippen LogP contribution in [0.2, 0.25) is 10.0 Å². The van der Waals surface area contributed by atoms with Crippen LogP contribution in [-0.4, -0.2) is 11.9 Å². The van der Waals surface area contributed by atoms with Gasteiger partial charge >= 0.3 is 0 Å². The molecule has 0 spiro atoms. The van der Waals surface area contributed by atoms with Gasteiger partial charge in [0.15, 0.2) is 0 Å². The fourth-order valence-electron chi connectivity index (χ4n) is 1.58. The number of hydrogen-bond acceptors (Lipinski definition) is 2. The van der Waals surface area contributed by atoms with Gasteiger partial charge in [-0.3, -0.25) is 4.79 Å². The van der Waals surface area contributed by atoms with E-state index < -0.39 is 0 Å². The Morgan fingerprint density at radius 1 is 1.44 bits per heavy atom. The molecule has 18 heavy (non-hydrogen) atoms. The van der Waals surface area contributed by atoms with E-state index in [1.54, 1.807) is 6.07 Å². The maximum Gasteiger partial charge on any atom is 0.263 e. The number of amides is 1. The topological polar surface area (TPSA) is 29.1 Å². The van der Waals surface area contributed by atoms with Crippen LogP contribution >= 0.6 is 34.5 Å². The highest BCUT2D eigenvalue weighted by atomic mass is 35.5. The average molecular weight is 302 g/mol. The Kier molecular flexibility index (Phi) is 4.15. The summed E-state index contributed by atoms with van der Waals surface area (Å²) in [7, 11) is 0. The number of hydrogen-bond donors (Lipinski definition) is 1. The number of benzene rings is 1. The van der Waals surface area contributed by atoms with Crippen LogP contribution in [0.3, 0.4) is 0 Å². The van der Waals surface area contributed by atoms with Crippen molar-refractivity contribution in [3.05, 3.63) is 33.1 Å². The van der Waals surface area contributed by atoms with Gasteiger partial charge in [0.25, 0.3) is 5.91 Å². The molecule has 0 aliphatic carbocycles. The molecule has 1 heterocycles. The molecule has 0 fully saturated rings. The van der Waals surface area contributed by atoms with E-state index in [0.29, 0.717) is 14.9 Å². The lowest BCUT2D eigenvalue weighted by molar-refractivity contribution is 0.0943.